The van der Waals surface area contributed by atoms with Crippen molar-refractivity contribution in [1.82, 2.24) is 10.3 Å². The summed E-state index contributed by atoms with van der Waals surface area (Å²) in [5.74, 6) is 0.632. The molecule has 0 bridgehead atoms. The molecule has 20 heavy (non-hydrogen) atoms. The Bertz CT molecular complexity index is 484. The van der Waals surface area contributed by atoms with Crippen molar-refractivity contribution in [1.29, 1.82) is 0 Å². The molecule has 0 aliphatic heterocycles. The minimum Gasteiger partial charge on any atom is -0.491 e. The number of hydrogen-bond acceptors (Lipinski definition) is 5. The maximum atomic E-state index is 11.6. The fourth-order valence-corrected chi connectivity index (χ4v) is 2.29. The zero-order valence-corrected chi connectivity index (χ0v) is 13.2. The van der Waals surface area contributed by atoms with E-state index in [2.05, 4.69) is 17.2 Å². The molecule has 1 N–H and O–H groups in total. The van der Waals surface area contributed by atoms with Crippen molar-refractivity contribution in [2.45, 2.75) is 39.0 Å². The van der Waals surface area contributed by atoms with Crippen LogP contribution in [0.3, 0.4) is 0 Å². The van der Waals surface area contributed by atoms with Gasteiger partial charge in [0, 0.05) is 6.54 Å². The number of nitrogens with zero attached hydrogens (tertiary/aromatic N) is 1. The summed E-state index contributed by atoms with van der Waals surface area (Å²) in [6.07, 6.45) is 2.72. The van der Waals surface area contributed by atoms with Gasteiger partial charge in [-0.1, -0.05) is 6.92 Å². The largest absolute Gasteiger partial charge is 0.491 e. The summed E-state index contributed by atoms with van der Waals surface area (Å²) in [5.41, 5.74) is 0.945. The third-order valence-corrected chi connectivity index (χ3v) is 5.06. The SMILES string of the molecule is CCCNCc1ccc(OCCS(=O)(=O)C(C)C)cn1. The van der Waals surface area contributed by atoms with Gasteiger partial charge in [-0.15, -0.1) is 0 Å². The number of nitrogens with one attached hydrogen (secondary N) is 1. The number of sulfone groups is 1. The molecule has 0 saturated carbocycles. The second-order valence-electron chi connectivity index (χ2n) is 4.93. The van der Waals surface area contributed by atoms with Crippen LogP contribution in [0, 0.1) is 0 Å². The van der Waals surface area contributed by atoms with Crippen molar-refractivity contribution in [3.8, 4) is 5.75 Å². The van der Waals surface area contributed by atoms with Gasteiger partial charge < -0.3 is 10.1 Å². The average Bonchev–Trinajstić information content (AvgIpc) is 2.40. The molecule has 6 heteroatoms. The Morgan fingerprint density at radius 1 is 1.35 bits per heavy atom. The molecule has 1 rings (SSSR count). The van der Waals surface area contributed by atoms with Crippen LogP contribution in [-0.4, -0.2) is 37.6 Å². The summed E-state index contributed by atoms with van der Waals surface area (Å²) in [6, 6.07) is 3.70. The Morgan fingerprint density at radius 2 is 2.10 bits per heavy atom. The molecule has 1 aromatic rings. The van der Waals surface area contributed by atoms with E-state index in [9.17, 15) is 8.42 Å². The molecule has 1 aromatic heterocycles. The first-order chi connectivity index (χ1) is 9.45. The Morgan fingerprint density at radius 3 is 2.65 bits per heavy atom. The van der Waals surface area contributed by atoms with Crippen LogP contribution in [0.5, 0.6) is 5.75 Å². The van der Waals surface area contributed by atoms with Gasteiger partial charge in [0.25, 0.3) is 0 Å². The van der Waals surface area contributed by atoms with Crippen LogP contribution in [0.4, 0.5) is 0 Å². The topological polar surface area (TPSA) is 68.3 Å². The van der Waals surface area contributed by atoms with E-state index in [0.29, 0.717) is 5.75 Å². The Hall–Kier alpha value is -1.14. The standard InChI is InChI=1S/C14H24N2O3S/c1-4-7-15-10-13-5-6-14(11-16-13)19-8-9-20(17,18)12(2)3/h5-6,11-12,15H,4,7-10H2,1-3H3. The van der Waals surface area contributed by atoms with E-state index in [1.165, 1.54) is 0 Å². The lowest BCUT2D eigenvalue weighted by molar-refractivity contribution is 0.339. The van der Waals surface area contributed by atoms with Crippen LogP contribution in [0.25, 0.3) is 0 Å². The minimum absolute atomic E-state index is 0.0322. The summed E-state index contributed by atoms with van der Waals surface area (Å²) < 4.78 is 28.6. The fourth-order valence-electron chi connectivity index (χ4n) is 1.51. The second-order valence-corrected chi connectivity index (χ2v) is 7.60. The van der Waals surface area contributed by atoms with Crippen molar-refractivity contribution in [3.63, 3.8) is 0 Å². The highest BCUT2D eigenvalue weighted by atomic mass is 32.2. The lowest BCUT2D eigenvalue weighted by Gasteiger charge is -2.09. The van der Waals surface area contributed by atoms with E-state index in [1.54, 1.807) is 20.0 Å². The van der Waals surface area contributed by atoms with Crippen LogP contribution >= 0.6 is 0 Å². The van der Waals surface area contributed by atoms with E-state index in [4.69, 9.17) is 4.74 Å². The van der Waals surface area contributed by atoms with E-state index >= 15 is 0 Å². The molecule has 5 nitrogen and oxygen atoms in total. The van der Waals surface area contributed by atoms with Gasteiger partial charge in [-0.3, -0.25) is 4.98 Å². The van der Waals surface area contributed by atoms with E-state index < -0.39 is 9.84 Å². The van der Waals surface area contributed by atoms with Gasteiger partial charge in [0.1, 0.15) is 12.4 Å². The third-order valence-electron chi connectivity index (χ3n) is 2.89. The number of rotatable bonds is 9. The summed E-state index contributed by atoms with van der Waals surface area (Å²) in [6.45, 7) is 7.32. The summed E-state index contributed by atoms with van der Waals surface area (Å²) in [4.78, 5) is 4.26. The molecule has 0 spiro atoms. The number of aromatic nitrogens is 1. The van der Waals surface area contributed by atoms with Crippen LogP contribution < -0.4 is 10.1 Å². The lowest BCUT2D eigenvalue weighted by atomic mass is 10.3. The molecule has 0 aliphatic carbocycles. The van der Waals surface area contributed by atoms with Crippen molar-refractivity contribution in [3.05, 3.63) is 24.0 Å². The molecule has 0 amide bonds. The first kappa shape index (κ1) is 16.9. The molecular weight excluding hydrogens is 276 g/mol. The monoisotopic (exact) mass is 300 g/mol. The Kier molecular flexibility index (Phi) is 6.95. The van der Waals surface area contributed by atoms with Crippen molar-refractivity contribution >= 4 is 9.84 Å². The van der Waals surface area contributed by atoms with Crippen LogP contribution in [-0.2, 0) is 16.4 Å². The molecule has 0 atom stereocenters. The highest BCUT2D eigenvalue weighted by Gasteiger charge is 2.15. The first-order valence-electron chi connectivity index (χ1n) is 6.95. The van der Waals surface area contributed by atoms with Gasteiger partial charge in [-0.05, 0) is 38.9 Å². The molecule has 0 unspecified atom stereocenters. The smallest absolute Gasteiger partial charge is 0.155 e. The maximum Gasteiger partial charge on any atom is 0.155 e. The number of ether oxygens (including phenoxy) is 1. The van der Waals surface area contributed by atoms with Gasteiger partial charge >= 0.3 is 0 Å². The van der Waals surface area contributed by atoms with Crippen molar-refractivity contribution in [2.75, 3.05) is 18.9 Å². The van der Waals surface area contributed by atoms with E-state index in [0.717, 1.165) is 25.2 Å². The fraction of sp³-hybridized carbons (Fsp3) is 0.643. The predicted molar refractivity (Wildman–Crippen MR) is 80.7 cm³/mol. The van der Waals surface area contributed by atoms with Gasteiger partial charge in [0.2, 0.25) is 0 Å². The van der Waals surface area contributed by atoms with Crippen LogP contribution in [0.2, 0.25) is 0 Å². The molecule has 0 fully saturated rings. The Balaban J connectivity index is 2.38. The maximum absolute atomic E-state index is 11.6. The highest BCUT2D eigenvalue weighted by molar-refractivity contribution is 7.91. The van der Waals surface area contributed by atoms with Gasteiger partial charge in [0.15, 0.2) is 9.84 Å². The van der Waals surface area contributed by atoms with E-state index in [-0.39, 0.29) is 17.6 Å². The molecule has 1 heterocycles. The normalized spacial score (nSPS) is 11.8. The van der Waals surface area contributed by atoms with Gasteiger partial charge in [-0.2, -0.15) is 0 Å². The van der Waals surface area contributed by atoms with Crippen molar-refractivity contribution < 1.29 is 13.2 Å². The zero-order valence-electron chi connectivity index (χ0n) is 12.4. The van der Waals surface area contributed by atoms with Crippen LogP contribution in [0.15, 0.2) is 18.3 Å². The quantitative estimate of drug-likeness (QED) is 0.704. The number of hydrogen-bond donors (Lipinski definition) is 1. The minimum atomic E-state index is -3.05. The molecule has 0 aliphatic rings. The van der Waals surface area contributed by atoms with E-state index in [1.807, 2.05) is 12.1 Å². The predicted octanol–water partition coefficient (Wildman–Crippen LogP) is 1.78. The molecular formula is C14H24N2O3S. The van der Waals surface area contributed by atoms with Crippen LogP contribution in [0.1, 0.15) is 32.9 Å². The molecule has 0 radical (unpaired) electrons. The summed E-state index contributed by atoms with van der Waals surface area (Å²) in [7, 11) is -3.05. The lowest BCUT2D eigenvalue weighted by Crippen LogP contribution is -2.22. The summed E-state index contributed by atoms with van der Waals surface area (Å²) in [5, 5.41) is 2.90. The number of pyridine rings is 1. The first-order valence-corrected chi connectivity index (χ1v) is 8.67. The molecule has 114 valence electrons. The highest BCUT2D eigenvalue weighted by Crippen LogP contribution is 2.10. The molecule has 0 aromatic carbocycles. The summed E-state index contributed by atoms with van der Waals surface area (Å²) >= 11 is 0. The Labute approximate surface area is 121 Å². The second kappa shape index (κ2) is 8.21. The third kappa shape index (κ3) is 5.88. The van der Waals surface area contributed by atoms with Gasteiger partial charge in [-0.25, -0.2) is 8.42 Å². The van der Waals surface area contributed by atoms with Gasteiger partial charge in [0.05, 0.1) is 22.9 Å². The average molecular weight is 300 g/mol. The molecule has 0 saturated heterocycles. The van der Waals surface area contributed by atoms with Crippen molar-refractivity contribution in [2.24, 2.45) is 0 Å². The zero-order chi connectivity index (χ0) is 15.0.